The van der Waals surface area contributed by atoms with Crippen molar-refractivity contribution in [3.8, 4) is 0 Å². The van der Waals surface area contributed by atoms with E-state index in [2.05, 4.69) is 4.98 Å². The molecular formula is C14H18N2O4. The first-order valence-electron chi connectivity index (χ1n) is 6.75. The second-order valence-electron chi connectivity index (χ2n) is 4.97. The van der Waals surface area contributed by atoms with Crippen molar-refractivity contribution < 1.29 is 20.1 Å². The monoisotopic (exact) mass is 278 g/mol. The second-order valence-corrected chi connectivity index (χ2v) is 4.97. The third-order valence-electron chi connectivity index (χ3n) is 3.76. The van der Waals surface area contributed by atoms with Gasteiger partial charge in [-0.1, -0.05) is 19.1 Å². The van der Waals surface area contributed by atoms with Gasteiger partial charge < -0.3 is 20.1 Å². The third kappa shape index (κ3) is 1.92. The molecular weight excluding hydrogens is 260 g/mol. The van der Waals surface area contributed by atoms with Crippen LogP contribution in [0.5, 0.6) is 0 Å². The second kappa shape index (κ2) is 5.14. The van der Waals surface area contributed by atoms with E-state index in [1.165, 1.54) is 0 Å². The zero-order valence-electron chi connectivity index (χ0n) is 11.2. The smallest absolute Gasteiger partial charge is 0.164 e. The van der Waals surface area contributed by atoms with Crippen LogP contribution in [0.1, 0.15) is 19.0 Å². The molecule has 0 aliphatic carbocycles. The molecule has 1 aromatic carbocycles. The van der Waals surface area contributed by atoms with Crippen LogP contribution in [0.3, 0.4) is 0 Å². The Labute approximate surface area is 116 Å². The van der Waals surface area contributed by atoms with E-state index in [0.717, 1.165) is 16.9 Å². The van der Waals surface area contributed by atoms with Crippen LogP contribution in [-0.4, -0.2) is 49.8 Å². The van der Waals surface area contributed by atoms with Crippen molar-refractivity contribution in [1.29, 1.82) is 0 Å². The third-order valence-corrected chi connectivity index (χ3v) is 3.76. The molecule has 4 atom stereocenters. The lowest BCUT2D eigenvalue weighted by Crippen LogP contribution is -2.33. The number of aryl methyl sites for hydroxylation is 1. The molecule has 1 fully saturated rings. The summed E-state index contributed by atoms with van der Waals surface area (Å²) < 4.78 is 7.41. The molecule has 0 bridgehead atoms. The highest BCUT2D eigenvalue weighted by Crippen LogP contribution is 2.33. The summed E-state index contributed by atoms with van der Waals surface area (Å²) in [7, 11) is 0. The minimum absolute atomic E-state index is 0.331. The van der Waals surface area contributed by atoms with Gasteiger partial charge in [-0.25, -0.2) is 4.98 Å². The number of hydrogen-bond acceptors (Lipinski definition) is 5. The van der Waals surface area contributed by atoms with E-state index >= 15 is 0 Å². The summed E-state index contributed by atoms with van der Waals surface area (Å²) in [6.45, 7) is 1.64. The first kappa shape index (κ1) is 13.5. The summed E-state index contributed by atoms with van der Waals surface area (Å²) in [5.74, 6) is 0.779. The van der Waals surface area contributed by atoms with Crippen molar-refractivity contribution in [1.82, 2.24) is 9.55 Å². The molecule has 2 heterocycles. The Morgan fingerprint density at radius 3 is 2.65 bits per heavy atom. The molecule has 1 aromatic heterocycles. The van der Waals surface area contributed by atoms with Gasteiger partial charge in [-0.15, -0.1) is 0 Å². The molecule has 0 radical (unpaired) electrons. The van der Waals surface area contributed by atoms with E-state index in [9.17, 15) is 15.3 Å². The van der Waals surface area contributed by atoms with Crippen molar-refractivity contribution in [2.75, 3.05) is 6.61 Å². The average Bonchev–Trinajstić information content (AvgIpc) is 2.98. The quantitative estimate of drug-likeness (QED) is 0.747. The molecule has 3 N–H and O–H groups in total. The van der Waals surface area contributed by atoms with E-state index in [1.807, 2.05) is 31.2 Å². The predicted molar refractivity (Wildman–Crippen MR) is 72.1 cm³/mol. The SMILES string of the molecule is CCc1nc2ccccc2n1[C@@H]1O[C@H](CO)[C@@H](O)[C@H]1O. The highest BCUT2D eigenvalue weighted by Gasteiger charge is 2.44. The van der Waals surface area contributed by atoms with Crippen LogP contribution < -0.4 is 0 Å². The zero-order valence-corrected chi connectivity index (χ0v) is 11.2. The van der Waals surface area contributed by atoms with Gasteiger partial charge in [-0.3, -0.25) is 4.57 Å². The van der Waals surface area contributed by atoms with Crippen molar-refractivity contribution in [3.63, 3.8) is 0 Å². The summed E-state index contributed by atoms with van der Waals surface area (Å²) in [5, 5.41) is 29.3. The maximum atomic E-state index is 10.2. The summed E-state index contributed by atoms with van der Waals surface area (Å²) >= 11 is 0. The van der Waals surface area contributed by atoms with E-state index in [1.54, 1.807) is 4.57 Å². The van der Waals surface area contributed by atoms with Gasteiger partial charge in [0.15, 0.2) is 6.23 Å². The molecule has 0 unspecified atom stereocenters. The number of aliphatic hydroxyl groups excluding tert-OH is 3. The highest BCUT2D eigenvalue weighted by atomic mass is 16.6. The molecule has 2 aromatic rings. The minimum atomic E-state index is -1.10. The maximum Gasteiger partial charge on any atom is 0.164 e. The molecule has 1 aliphatic heterocycles. The van der Waals surface area contributed by atoms with Gasteiger partial charge in [0.25, 0.3) is 0 Å². The van der Waals surface area contributed by atoms with Crippen LogP contribution in [0.2, 0.25) is 0 Å². The van der Waals surface area contributed by atoms with Crippen LogP contribution in [0, 0.1) is 0 Å². The molecule has 6 heteroatoms. The van der Waals surface area contributed by atoms with Gasteiger partial charge in [-0.2, -0.15) is 0 Å². The molecule has 1 aliphatic rings. The molecule has 0 spiro atoms. The molecule has 3 rings (SSSR count). The number of nitrogens with zero attached hydrogens (tertiary/aromatic N) is 2. The Kier molecular flexibility index (Phi) is 3.47. The number of rotatable bonds is 3. The van der Waals surface area contributed by atoms with Crippen molar-refractivity contribution in [2.45, 2.75) is 37.9 Å². The van der Waals surface area contributed by atoms with Crippen LogP contribution in [-0.2, 0) is 11.2 Å². The normalized spacial score (nSPS) is 30.2. The topological polar surface area (TPSA) is 87.7 Å². The molecule has 0 saturated carbocycles. The number of hydrogen-bond donors (Lipinski definition) is 3. The number of ether oxygens (including phenoxy) is 1. The lowest BCUT2D eigenvalue weighted by Gasteiger charge is -2.19. The van der Waals surface area contributed by atoms with Gasteiger partial charge >= 0.3 is 0 Å². The van der Waals surface area contributed by atoms with Gasteiger partial charge in [0.05, 0.1) is 17.6 Å². The van der Waals surface area contributed by atoms with Gasteiger partial charge in [-0.05, 0) is 12.1 Å². The Morgan fingerprint density at radius 2 is 2.00 bits per heavy atom. The lowest BCUT2D eigenvalue weighted by atomic mass is 10.1. The summed E-state index contributed by atoms with van der Waals surface area (Å²) in [4.78, 5) is 4.51. The Hall–Kier alpha value is -1.47. The molecule has 1 saturated heterocycles. The largest absolute Gasteiger partial charge is 0.394 e. The molecule has 0 amide bonds. The number of aromatic nitrogens is 2. The van der Waals surface area contributed by atoms with Crippen molar-refractivity contribution in [2.24, 2.45) is 0 Å². The number of fused-ring (bicyclic) bond motifs is 1. The Bertz CT molecular complexity index is 612. The van der Waals surface area contributed by atoms with Gasteiger partial charge in [0.2, 0.25) is 0 Å². The standard InChI is InChI=1S/C14H18N2O4/c1-2-11-15-8-5-3-4-6-9(8)16(11)14-13(19)12(18)10(7-17)20-14/h3-6,10,12-14,17-19H,2,7H2,1H3/t10-,12-,13-,14-/m1/s1. The van der Waals surface area contributed by atoms with E-state index in [0.29, 0.717) is 6.42 Å². The summed E-state index contributed by atoms with van der Waals surface area (Å²) in [5.41, 5.74) is 1.67. The molecule has 108 valence electrons. The first-order chi connectivity index (χ1) is 9.67. The number of imidazole rings is 1. The van der Waals surface area contributed by atoms with Crippen LogP contribution in [0.25, 0.3) is 11.0 Å². The predicted octanol–water partition coefficient (Wildman–Crippen LogP) is 0.210. The minimum Gasteiger partial charge on any atom is -0.394 e. The molecule has 20 heavy (non-hydrogen) atoms. The van der Waals surface area contributed by atoms with Gasteiger partial charge in [0.1, 0.15) is 24.1 Å². The fourth-order valence-electron chi connectivity index (χ4n) is 2.72. The Morgan fingerprint density at radius 1 is 1.25 bits per heavy atom. The summed E-state index contributed by atoms with van der Waals surface area (Å²) in [6.07, 6.45) is -3.02. The van der Waals surface area contributed by atoms with Crippen molar-refractivity contribution >= 4 is 11.0 Å². The first-order valence-corrected chi connectivity index (χ1v) is 6.75. The number of benzene rings is 1. The maximum absolute atomic E-state index is 10.2. The lowest BCUT2D eigenvalue weighted by molar-refractivity contribution is -0.0519. The Balaban J connectivity index is 2.10. The highest BCUT2D eigenvalue weighted by molar-refractivity contribution is 5.76. The van der Waals surface area contributed by atoms with Crippen LogP contribution in [0.15, 0.2) is 24.3 Å². The fourth-order valence-corrected chi connectivity index (χ4v) is 2.72. The van der Waals surface area contributed by atoms with Crippen LogP contribution >= 0.6 is 0 Å². The van der Waals surface area contributed by atoms with Crippen LogP contribution in [0.4, 0.5) is 0 Å². The van der Waals surface area contributed by atoms with Crippen molar-refractivity contribution in [3.05, 3.63) is 30.1 Å². The molecule has 6 nitrogen and oxygen atoms in total. The average molecular weight is 278 g/mol. The summed E-state index contributed by atoms with van der Waals surface area (Å²) in [6, 6.07) is 7.58. The zero-order chi connectivity index (χ0) is 14.3. The fraction of sp³-hybridized carbons (Fsp3) is 0.500. The van der Waals surface area contributed by atoms with E-state index in [-0.39, 0.29) is 6.61 Å². The van der Waals surface area contributed by atoms with E-state index < -0.39 is 24.5 Å². The van der Waals surface area contributed by atoms with E-state index in [4.69, 9.17) is 4.74 Å². The van der Waals surface area contributed by atoms with Gasteiger partial charge in [0, 0.05) is 6.42 Å². The number of para-hydroxylation sites is 2. The number of aliphatic hydroxyl groups is 3.